The Morgan fingerprint density at radius 3 is 2.50 bits per heavy atom. The summed E-state index contributed by atoms with van der Waals surface area (Å²) in [5.74, 6) is 3.48. The fraction of sp³-hybridized carbons (Fsp3) is 0.600. The van der Waals surface area contributed by atoms with Crippen LogP contribution in [0.15, 0.2) is 30.3 Å². The summed E-state index contributed by atoms with van der Waals surface area (Å²) in [6.07, 6.45) is 7.39. The van der Waals surface area contributed by atoms with Crippen molar-refractivity contribution in [2.75, 3.05) is 5.75 Å². The zero-order chi connectivity index (χ0) is 10.8. The molecule has 86 valence electrons. The maximum Gasteiger partial charge on any atom is 0.0300 e. The van der Waals surface area contributed by atoms with Crippen LogP contribution in [-0.2, 0) is 0 Å². The number of benzene rings is 1. The molecular weight excluding hydrogens is 212 g/mol. The summed E-state index contributed by atoms with van der Waals surface area (Å²) in [6.45, 7) is 0. The number of fused-ring (bicyclic) bond motifs is 1. The number of hydrogen-bond acceptors (Lipinski definition) is 1. The lowest BCUT2D eigenvalue weighted by molar-refractivity contribution is 0.237. The standard InChI is InChI=1S/C15H20S/c1-2-6-12(7-3-1)15-10-13-8-4-5-9-14(13)11-16-15/h1-3,6-7,13-15H,4-5,8-11H2. The van der Waals surface area contributed by atoms with Crippen molar-refractivity contribution in [1.29, 1.82) is 0 Å². The van der Waals surface area contributed by atoms with E-state index in [1.807, 2.05) is 0 Å². The Morgan fingerprint density at radius 2 is 1.69 bits per heavy atom. The zero-order valence-electron chi connectivity index (χ0n) is 9.77. The summed E-state index contributed by atoms with van der Waals surface area (Å²) in [6, 6.07) is 11.1. The van der Waals surface area contributed by atoms with Gasteiger partial charge in [-0.25, -0.2) is 0 Å². The summed E-state index contributed by atoms with van der Waals surface area (Å²) in [5, 5.41) is 0.778. The fourth-order valence-corrected chi connectivity index (χ4v) is 4.95. The van der Waals surface area contributed by atoms with Crippen LogP contribution < -0.4 is 0 Å². The van der Waals surface area contributed by atoms with Crippen molar-refractivity contribution >= 4 is 11.8 Å². The molecule has 3 unspecified atom stereocenters. The van der Waals surface area contributed by atoms with Gasteiger partial charge >= 0.3 is 0 Å². The fourth-order valence-electron chi connectivity index (χ4n) is 3.30. The first-order valence-corrected chi connectivity index (χ1v) is 7.65. The van der Waals surface area contributed by atoms with Crippen LogP contribution in [0, 0.1) is 11.8 Å². The molecular formula is C15H20S. The van der Waals surface area contributed by atoms with E-state index in [2.05, 4.69) is 42.1 Å². The van der Waals surface area contributed by atoms with E-state index in [0.29, 0.717) is 0 Å². The molecule has 3 atom stereocenters. The van der Waals surface area contributed by atoms with E-state index in [1.165, 1.54) is 37.9 Å². The number of rotatable bonds is 1. The number of hydrogen-bond donors (Lipinski definition) is 0. The van der Waals surface area contributed by atoms with Crippen molar-refractivity contribution in [3.05, 3.63) is 35.9 Å². The van der Waals surface area contributed by atoms with Gasteiger partial charge in [0.15, 0.2) is 0 Å². The molecule has 0 bridgehead atoms. The van der Waals surface area contributed by atoms with Gasteiger partial charge < -0.3 is 0 Å². The maximum absolute atomic E-state index is 2.31. The highest BCUT2D eigenvalue weighted by molar-refractivity contribution is 7.99. The van der Waals surface area contributed by atoms with E-state index >= 15 is 0 Å². The quantitative estimate of drug-likeness (QED) is 0.678. The lowest BCUT2D eigenvalue weighted by Crippen LogP contribution is -2.27. The van der Waals surface area contributed by atoms with Crippen LogP contribution in [0.25, 0.3) is 0 Å². The molecule has 2 aliphatic rings. The molecule has 0 aromatic heterocycles. The van der Waals surface area contributed by atoms with E-state index in [4.69, 9.17) is 0 Å². The van der Waals surface area contributed by atoms with Crippen LogP contribution in [0.1, 0.15) is 42.9 Å². The van der Waals surface area contributed by atoms with E-state index < -0.39 is 0 Å². The summed E-state index contributed by atoms with van der Waals surface area (Å²) in [7, 11) is 0. The molecule has 0 radical (unpaired) electrons. The van der Waals surface area contributed by atoms with Gasteiger partial charge in [0.05, 0.1) is 0 Å². The molecule has 2 fully saturated rings. The largest absolute Gasteiger partial charge is 0.153 e. The van der Waals surface area contributed by atoms with Crippen LogP contribution in [0.3, 0.4) is 0 Å². The normalized spacial score (nSPS) is 34.4. The SMILES string of the molecule is c1ccc(C2CC3CCCCC3CS2)cc1. The van der Waals surface area contributed by atoms with Crippen LogP contribution in [0.2, 0.25) is 0 Å². The zero-order valence-corrected chi connectivity index (χ0v) is 10.6. The van der Waals surface area contributed by atoms with E-state index in [1.54, 1.807) is 5.56 Å². The van der Waals surface area contributed by atoms with Gasteiger partial charge in [-0.1, -0.05) is 49.6 Å². The topological polar surface area (TPSA) is 0 Å². The predicted octanol–water partition coefficient (Wildman–Crippen LogP) is 4.67. The van der Waals surface area contributed by atoms with Gasteiger partial charge in [-0.2, -0.15) is 11.8 Å². The average molecular weight is 232 g/mol. The molecule has 3 rings (SSSR count). The van der Waals surface area contributed by atoms with Crippen LogP contribution in [-0.4, -0.2) is 5.75 Å². The minimum atomic E-state index is 0.778. The van der Waals surface area contributed by atoms with Crippen molar-refractivity contribution < 1.29 is 0 Å². The second-order valence-corrected chi connectivity index (χ2v) is 6.51. The summed E-state index contributed by atoms with van der Waals surface area (Å²) in [5.41, 5.74) is 1.55. The van der Waals surface area contributed by atoms with E-state index in [9.17, 15) is 0 Å². The van der Waals surface area contributed by atoms with Crippen molar-refractivity contribution in [2.24, 2.45) is 11.8 Å². The Balaban J connectivity index is 1.71. The Bertz CT molecular complexity index is 333. The van der Waals surface area contributed by atoms with Crippen LogP contribution in [0.4, 0.5) is 0 Å². The Labute approximate surface area is 103 Å². The first kappa shape index (κ1) is 10.7. The molecule has 1 saturated heterocycles. The minimum Gasteiger partial charge on any atom is -0.153 e. The molecule has 1 heteroatoms. The first-order chi connectivity index (χ1) is 7.93. The molecule has 0 amide bonds. The van der Waals surface area contributed by atoms with Gasteiger partial charge in [-0.05, 0) is 36.0 Å². The Morgan fingerprint density at radius 1 is 0.938 bits per heavy atom. The lowest BCUT2D eigenvalue weighted by atomic mass is 9.77. The predicted molar refractivity (Wildman–Crippen MR) is 71.7 cm³/mol. The summed E-state index contributed by atoms with van der Waals surface area (Å²) in [4.78, 5) is 0. The molecule has 1 aromatic rings. The molecule has 1 aliphatic heterocycles. The molecule has 0 nitrogen and oxygen atoms in total. The third kappa shape index (κ3) is 2.15. The monoisotopic (exact) mass is 232 g/mol. The highest BCUT2D eigenvalue weighted by atomic mass is 32.2. The van der Waals surface area contributed by atoms with Crippen molar-refractivity contribution in [3.8, 4) is 0 Å². The molecule has 0 spiro atoms. The first-order valence-electron chi connectivity index (χ1n) is 6.60. The third-order valence-corrected chi connectivity index (χ3v) is 5.75. The minimum absolute atomic E-state index is 0.778. The molecule has 0 N–H and O–H groups in total. The molecule has 1 heterocycles. The Kier molecular flexibility index (Phi) is 3.23. The summed E-state index contributed by atoms with van der Waals surface area (Å²) < 4.78 is 0. The number of thioether (sulfide) groups is 1. The molecule has 1 aliphatic carbocycles. The van der Waals surface area contributed by atoms with Gasteiger partial charge in [0.1, 0.15) is 0 Å². The molecule has 16 heavy (non-hydrogen) atoms. The summed E-state index contributed by atoms with van der Waals surface area (Å²) >= 11 is 2.20. The molecule has 1 saturated carbocycles. The van der Waals surface area contributed by atoms with Gasteiger partial charge in [0.25, 0.3) is 0 Å². The van der Waals surface area contributed by atoms with Gasteiger partial charge in [-0.3, -0.25) is 0 Å². The third-order valence-electron chi connectivity index (χ3n) is 4.27. The average Bonchev–Trinajstić information content (AvgIpc) is 2.39. The van der Waals surface area contributed by atoms with Gasteiger partial charge in [-0.15, -0.1) is 0 Å². The van der Waals surface area contributed by atoms with Crippen LogP contribution in [0.5, 0.6) is 0 Å². The van der Waals surface area contributed by atoms with Gasteiger partial charge in [0.2, 0.25) is 0 Å². The second-order valence-electron chi connectivity index (χ2n) is 5.27. The highest BCUT2D eigenvalue weighted by Crippen LogP contribution is 2.48. The van der Waals surface area contributed by atoms with Crippen molar-refractivity contribution in [3.63, 3.8) is 0 Å². The molecule has 1 aromatic carbocycles. The second kappa shape index (κ2) is 4.83. The Hall–Kier alpha value is -0.430. The van der Waals surface area contributed by atoms with Crippen LogP contribution >= 0.6 is 11.8 Å². The maximum atomic E-state index is 2.31. The van der Waals surface area contributed by atoms with Gasteiger partial charge in [0, 0.05) is 5.25 Å². The highest BCUT2D eigenvalue weighted by Gasteiger charge is 2.32. The van der Waals surface area contributed by atoms with Crippen molar-refractivity contribution in [2.45, 2.75) is 37.4 Å². The lowest BCUT2D eigenvalue weighted by Gasteiger charge is -2.39. The van der Waals surface area contributed by atoms with E-state index in [-0.39, 0.29) is 0 Å². The van der Waals surface area contributed by atoms with E-state index in [0.717, 1.165) is 17.1 Å². The van der Waals surface area contributed by atoms with Crippen molar-refractivity contribution in [1.82, 2.24) is 0 Å². The smallest absolute Gasteiger partial charge is 0.0300 e.